The fourth-order valence-corrected chi connectivity index (χ4v) is 1.92. The molecule has 0 aromatic heterocycles. The van der Waals surface area contributed by atoms with Gasteiger partial charge in [-0.2, -0.15) is 0 Å². The summed E-state index contributed by atoms with van der Waals surface area (Å²) in [5.41, 5.74) is 4.86. The topological polar surface area (TPSA) is 37.3 Å². The van der Waals surface area contributed by atoms with Gasteiger partial charge in [-0.1, -0.05) is 52.7 Å². The first-order valence-electron chi connectivity index (χ1n) is 7.85. The number of carbonyl (C=O) groups is 1. The molecule has 1 N–H and O–H groups in total. The van der Waals surface area contributed by atoms with E-state index in [-0.39, 0.29) is 0 Å². The van der Waals surface area contributed by atoms with Crippen molar-refractivity contribution in [1.29, 1.82) is 0 Å². The summed E-state index contributed by atoms with van der Waals surface area (Å²) in [4.78, 5) is 10.5. The summed E-state index contributed by atoms with van der Waals surface area (Å²) in [6, 6.07) is 0. The van der Waals surface area contributed by atoms with Crippen LogP contribution in [0.5, 0.6) is 0 Å². The molecule has 0 saturated heterocycles. The van der Waals surface area contributed by atoms with Crippen molar-refractivity contribution in [3.63, 3.8) is 0 Å². The molecule has 0 heterocycles. The second-order valence-electron chi connectivity index (χ2n) is 6.01. The molecule has 0 spiro atoms. The molecule has 0 bridgehead atoms. The highest BCUT2D eigenvalue weighted by Gasteiger charge is 1.94. The molecule has 122 valence electrons. The predicted molar refractivity (Wildman–Crippen MR) is 95.9 cm³/mol. The summed E-state index contributed by atoms with van der Waals surface area (Å²) in [5, 5.41) is 8.65. The summed E-state index contributed by atoms with van der Waals surface area (Å²) in [7, 11) is 0. The Kier molecular flexibility index (Phi) is 10.8. The van der Waals surface area contributed by atoms with Crippen LogP contribution in [-0.2, 0) is 4.79 Å². The number of aliphatic carboxylic acids is 1. The minimum absolute atomic E-state index is 0.809. The summed E-state index contributed by atoms with van der Waals surface area (Å²) in [6.45, 7) is 10.3. The number of rotatable bonds is 9. The van der Waals surface area contributed by atoms with Crippen LogP contribution in [0.3, 0.4) is 0 Å². The summed E-state index contributed by atoms with van der Waals surface area (Å²) in [6.07, 6.45) is 15.9. The molecule has 0 fully saturated rings. The molecule has 0 radical (unpaired) electrons. The average molecular weight is 302 g/mol. The third-order valence-corrected chi connectivity index (χ3v) is 3.20. The average Bonchev–Trinajstić information content (AvgIpc) is 2.37. The Balaban J connectivity index is 4.14. The highest BCUT2D eigenvalue weighted by atomic mass is 16.4. The zero-order chi connectivity index (χ0) is 17.0. The van der Waals surface area contributed by atoms with Crippen LogP contribution < -0.4 is 0 Å². The number of carboxylic acid groups (broad SMARTS) is 1. The monoisotopic (exact) mass is 302 g/mol. The maximum absolute atomic E-state index is 10.5. The van der Waals surface area contributed by atoms with Gasteiger partial charge < -0.3 is 5.11 Å². The van der Waals surface area contributed by atoms with Crippen LogP contribution in [0.1, 0.15) is 60.3 Å². The van der Waals surface area contributed by atoms with E-state index in [9.17, 15) is 4.79 Å². The van der Waals surface area contributed by atoms with Crippen molar-refractivity contribution in [2.45, 2.75) is 60.3 Å². The molecule has 0 unspecified atom stereocenters. The van der Waals surface area contributed by atoms with E-state index in [2.05, 4.69) is 58.1 Å². The van der Waals surface area contributed by atoms with Gasteiger partial charge in [-0.25, -0.2) is 4.79 Å². The number of carboxylic acids is 1. The van der Waals surface area contributed by atoms with Gasteiger partial charge in [0.05, 0.1) is 0 Å². The zero-order valence-electron chi connectivity index (χ0n) is 14.6. The smallest absolute Gasteiger partial charge is 0.328 e. The van der Waals surface area contributed by atoms with E-state index in [4.69, 9.17) is 5.11 Å². The minimum Gasteiger partial charge on any atom is -0.478 e. The first-order chi connectivity index (χ1) is 10.3. The normalized spacial score (nSPS) is 13.6. The van der Waals surface area contributed by atoms with Crippen LogP contribution in [0.4, 0.5) is 0 Å². The van der Waals surface area contributed by atoms with E-state index in [0.717, 1.165) is 31.3 Å². The Morgan fingerprint density at radius 3 is 2.09 bits per heavy atom. The lowest BCUT2D eigenvalue weighted by molar-refractivity contribution is -0.131. The maximum Gasteiger partial charge on any atom is 0.328 e. The zero-order valence-corrected chi connectivity index (χ0v) is 14.6. The molecule has 0 saturated carbocycles. The Hall–Kier alpha value is -1.83. The molecule has 0 aromatic carbocycles. The SMILES string of the molecule is CC(C)=C/C=C\C(C)=C\CC/C(C)=C/CC/C(C)=C/C(=O)O. The van der Waals surface area contributed by atoms with E-state index in [1.807, 2.05) is 6.92 Å². The van der Waals surface area contributed by atoms with Crippen LogP contribution in [0.15, 0.2) is 58.7 Å². The largest absolute Gasteiger partial charge is 0.478 e. The Morgan fingerprint density at radius 1 is 0.909 bits per heavy atom. The van der Waals surface area contributed by atoms with Crippen molar-refractivity contribution in [1.82, 2.24) is 0 Å². The van der Waals surface area contributed by atoms with Crippen molar-refractivity contribution in [2.24, 2.45) is 0 Å². The highest BCUT2D eigenvalue weighted by molar-refractivity contribution is 5.80. The summed E-state index contributed by atoms with van der Waals surface area (Å²) >= 11 is 0. The number of allylic oxidation sites excluding steroid dienone is 9. The second kappa shape index (κ2) is 11.8. The maximum atomic E-state index is 10.5. The lowest BCUT2D eigenvalue weighted by atomic mass is 10.1. The third kappa shape index (κ3) is 13.2. The molecular formula is C20H30O2. The van der Waals surface area contributed by atoms with Gasteiger partial charge in [0, 0.05) is 6.08 Å². The van der Waals surface area contributed by atoms with E-state index in [1.165, 1.54) is 22.8 Å². The lowest BCUT2D eigenvalue weighted by Crippen LogP contribution is -1.89. The predicted octanol–water partition coefficient (Wildman–Crippen LogP) is 5.99. The summed E-state index contributed by atoms with van der Waals surface area (Å²) < 4.78 is 0. The van der Waals surface area contributed by atoms with E-state index < -0.39 is 5.97 Å². The molecule has 0 atom stereocenters. The molecule has 0 rings (SSSR count). The molecule has 0 aliphatic heterocycles. The van der Waals surface area contributed by atoms with Gasteiger partial charge in [0.25, 0.3) is 0 Å². The Morgan fingerprint density at radius 2 is 1.50 bits per heavy atom. The van der Waals surface area contributed by atoms with Gasteiger partial charge in [0.15, 0.2) is 0 Å². The van der Waals surface area contributed by atoms with Crippen molar-refractivity contribution in [2.75, 3.05) is 0 Å². The number of hydrogen-bond acceptors (Lipinski definition) is 1. The molecule has 0 aliphatic carbocycles. The standard InChI is InChI=1S/C20H30O2/c1-16(2)9-6-10-17(3)11-7-12-18(4)13-8-14-19(5)15-20(21)22/h6,9-11,13,15H,7-8,12,14H2,1-5H3,(H,21,22)/b10-6-,17-11+,18-13+,19-15+. The fraction of sp³-hybridized carbons (Fsp3) is 0.450. The Labute approximate surface area is 135 Å². The lowest BCUT2D eigenvalue weighted by Gasteiger charge is -2.00. The van der Waals surface area contributed by atoms with Crippen molar-refractivity contribution in [3.05, 3.63) is 58.7 Å². The summed E-state index contributed by atoms with van der Waals surface area (Å²) in [5.74, 6) is -0.861. The highest BCUT2D eigenvalue weighted by Crippen LogP contribution is 2.11. The molecule has 0 aromatic rings. The first kappa shape index (κ1) is 20.2. The third-order valence-electron chi connectivity index (χ3n) is 3.20. The molecule has 0 aliphatic rings. The van der Waals surface area contributed by atoms with Gasteiger partial charge in [0.1, 0.15) is 0 Å². The van der Waals surface area contributed by atoms with E-state index >= 15 is 0 Å². The molecular weight excluding hydrogens is 272 g/mol. The van der Waals surface area contributed by atoms with Crippen LogP contribution in [0.25, 0.3) is 0 Å². The van der Waals surface area contributed by atoms with Crippen molar-refractivity contribution in [3.8, 4) is 0 Å². The van der Waals surface area contributed by atoms with E-state index in [0.29, 0.717) is 0 Å². The van der Waals surface area contributed by atoms with Gasteiger partial charge >= 0.3 is 5.97 Å². The molecule has 22 heavy (non-hydrogen) atoms. The fourth-order valence-electron chi connectivity index (χ4n) is 1.92. The van der Waals surface area contributed by atoms with Gasteiger partial charge in [-0.3, -0.25) is 0 Å². The quantitative estimate of drug-likeness (QED) is 0.322. The second-order valence-corrected chi connectivity index (χ2v) is 6.01. The van der Waals surface area contributed by atoms with Gasteiger partial charge in [-0.05, 0) is 60.3 Å². The molecule has 2 heteroatoms. The van der Waals surface area contributed by atoms with Crippen LogP contribution >= 0.6 is 0 Å². The number of hydrogen-bond donors (Lipinski definition) is 1. The molecule has 0 amide bonds. The van der Waals surface area contributed by atoms with Crippen LogP contribution in [0.2, 0.25) is 0 Å². The van der Waals surface area contributed by atoms with E-state index in [1.54, 1.807) is 0 Å². The van der Waals surface area contributed by atoms with Crippen LogP contribution in [-0.4, -0.2) is 11.1 Å². The van der Waals surface area contributed by atoms with Gasteiger partial charge in [0.2, 0.25) is 0 Å². The van der Waals surface area contributed by atoms with Gasteiger partial charge in [-0.15, -0.1) is 0 Å². The van der Waals surface area contributed by atoms with Crippen LogP contribution in [0, 0.1) is 0 Å². The minimum atomic E-state index is -0.861. The van der Waals surface area contributed by atoms with Crippen molar-refractivity contribution < 1.29 is 9.90 Å². The Bertz CT molecular complexity index is 496. The molecule has 2 nitrogen and oxygen atoms in total. The first-order valence-corrected chi connectivity index (χ1v) is 7.85. The van der Waals surface area contributed by atoms with Crippen molar-refractivity contribution >= 4 is 5.97 Å².